The second kappa shape index (κ2) is 8.47. The molecule has 2 N–H and O–H groups in total. The maximum absolute atomic E-state index is 12.3. The second-order valence-electron chi connectivity index (χ2n) is 6.85. The van der Waals surface area contributed by atoms with Crippen molar-refractivity contribution >= 4 is 11.9 Å². The first kappa shape index (κ1) is 20.1. The second-order valence-corrected chi connectivity index (χ2v) is 6.85. The van der Waals surface area contributed by atoms with E-state index in [1.807, 2.05) is 13.0 Å². The number of rotatable bonds is 3. The normalized spacial score (nSPS) is 34.1. The van der Waals surface area contributed by atoms with Gasteiger partial charge in [-0.3, -0.25) is 0 Å². The van der Waals surface area contributed by atoms with Crippen LogP contribution in [0.3, 0.4) is 0 Å². The number of aliphatic hydroxyl groups is 2. The molecule has 1 heterocycles. The average Bonchev–Trinajstić information content (AvgIpc) is 2.85. The summed E-state index contributed by atoms with van der Waals surface area (Å²) < 4.78 is 11.1. The molecule has 1 fully saturated rings. The van der Waals surface area contributed by atoms with Crippen molar-refractivity contribution in [3.05, 3.63) is 47.1 Å². The van der Waals surface area contributed by atoms with Gasteiger partial charge in [0.05, 0.1) is 18.6 Å². The summed E-state index contributed by atoms with van der Waals surface area (Å²) >= 11 is 0. The highest BCUT2D eigenvalue weighted by molar-refractivity contribution is 5.92. The molecule has 26 heavy (non-hydrogen) atoms. The van der Waals surface area contributed by atoms with Crippen molar-refractivity contribution in [3.63, 3.8) is 0 Å². The monoisotopic (exact) mass is 362 g/mol. The Hall–Kier alpha value is -2.18. The lowest BCUT2D eigenvalue weighted by Crippen LogP contribution is -2.34. The summed E-state index contributed by atoms with van der Waals surface area (Å²) in [4.78, 5) is 24.4. The van der Waals surface area contributed by atoms with Crippen LogP contribution in [0, 0.1) is 5.92 Å². The molecule has 142 valence electrons. The van der Waals surface area contributed by atoms with Gasteiger partial charge >= 0.3 is 11.9 Å². The molecule has 6 nitrogen and oxygen atoms in total. The Morgan fingerprint density at radius 1 is 1.46 bits per heavy atom. The van der Waals surface area contributed by atoms with E-state index in [1.54, 1.807) is 19.9 Å². The Balaban J connectivity index is 2.39. The van der Waals surface area contributed by atoms with Crippen LogP contribution >= 0.6 is 0 Å². The first-order chi connectivity index (χ1) is 12.2. The minimum absolute atomic E-state index is 0.253. The molecule has 0 saturated carbocycles. The van der Waals surface area contributed by atoms with E-state index in [1.165, 1.54) is 6.08 Å². The van der Waals surface area contributed by atoms with E-state index < -0.39 is 36.2 Å². The lowest BCUT2D eigenvalue weighted by Gasteiger charge is -2.28. The fourth-order valence-electron chi connectivity index (χ4n) is 3.14. The van der Waals surface area contributed by atoms with Crippen LogP contribution in [0.25, 0.3) is 0 Å². The summed E-state index contributed by atoms with van der Waals surface area (Å²) in [7, 11) is 0. The third-order valence-electron chi connectivity index (χ3n) is 4.81. The highest BCUT2D eigenvalue weighted by Gasteiger charge is 2.44. The van der Waals surface area contributed by atoms with Crippen molar-refractivity contribution in [2.75, 3.05) is 6.61 Å². The first-order valence-electron chi connectivity index (χ1n) is 8.65. The SMILES string of the molecule is C=C1C(=O)O[C@H]2/C=C(/C)[C@H](O)C/C=C(/C)C[C@@H](OC(=O)/C(C)=C/CO)[C@@H]12. The van der Waals surface area contributed by atoms with Crippen molar-refractivity contribution in [3.8, 4) is 0 Å². The summed E-state index contributed by atoms with van der Waals surface area (Å²) in [5.74, 6) is -1.61. The van der Waals surface area contributed by atoms with Crippen LogP contribution in [0.15, 0.2) is 47.1 Å². The summed E-state index contributed by atoms with van der Waals surface area (Å²) in [5, 5.41) is 19.2. The number of carbonyl (C=O) groups is 2. The summed E-state index contributed by atoms with van der Waals surface area (Å²) in [6, 6.07) is 0. The smallest absolute Gasteiger partial charge is 0.334 e. The van der Waals surface area contributed by atoms with Crippen LogP contribution in [-0.2, 0) is 19.1 Å². The number of hydrogen-bond acceptors (Lipinski definition) is 6. The molecule has 1 aliphatic carbocycles. The Bertz CT molecular complexity index is 684. The Morgan fingerprint density at radius 3 is 2.81 bits per heavy atom. The van der Waals surface area contributed by atoms with E-state index in [0.29, 0.717) is 24.0 Å². The maximum Gasteiger partial charge on any atom is 0.334 e. The van der Waals surface area contributed by atoms with E-state index in [-0.39, 0.29) is 12.2 Å². The number of fused-ring (bicyclic) bond motifs is 1. The number of hydrogen-bond donors (Lipinski definition) is 2. The minimum atomic E-state index is -0.660. The predicted molar refractivity (Wildman–Crippen MR) is 96.0 cm³/mol. The highest BCUT2D eigenvalue weighted by atomic mass is 16.6. The molecule has 2 rings (SSSR count). The third kappa shape index (κ3) is 4.51. The van der Waals surface area contributed by atoms with Gasteiger partial charge < -0.3 is 19.7 Å². The third-order valence-corrected chi connectivity index (χ3v) is 4.81. The van der Waals surface area contributed by atoms with Gasteiger partial charge in [0.2, 0.25) is 0 Å². The number of aliphatic hydroxyl groups excluding tert-OH is 2. The first-order valence-corrected chi connectivity index (χ1v) is 8.65. The molecule has 2 aliphatic rings. The number of esters is 2. The largest absolute Gasteiger partial charge is 0.458 e. The molecule has 0 amide bonds. The molecule has 1 aliphatic heterocycles. The van der Waals surface area contributed by atoms with E-state index in [9.17, 15) is 14.7 Å². The predicted octanol–water partition coefficient (Wildman–Crippen LogP) is 1.98. The fraction of sp³-hybridized carbons (Fsp3) is 0.500. The van der Waals surface area contributed by atoms with Gasteiger partial charge in [0.1, 0.15) is 12.2 Å². The van der Waals surface area contributed by atoms with Gasteiger partial charge in [-0.25, -0.2) is 9.59 Å². The van der Waals surface area contributed by atoms with Gasteiger partial charge in [-0.2, -0.15) is 0 Å². The lowest BCUT2D eigenvalue weighted by atomic mass is 9.85. The van der Waals surface area contributed by atoms with Gasteiger partial charge in [0, 0.05) is 17.6 Å². The van der Waals surface area contributed by atoms with Crippen LogP contribution in [0.4, 0.5) is 0 Å². The zero-order valence-corrected chi connectivity index (χ0v) is 15.4. The van der Waals surface area contributed by atoms with Crippen molar-refractivity contribution < 1.29 is 29.3 Å². The summed E-state index contributed by atoms with van der Waals surface area (Å²) in [6.07, 6.45) is 3.87. The molecule has 0 unspecified atom stereocenters. The Kier molecular flexibility index (Phi) is 6.56. The van der Waals surface area contributed by atoms with Crippen LogP contribution in [0.1, 0.15) is 33.6 Å². The average molecular weight is 362 g/mol. The summed E-state index contributed by atoms with van der Waals surface area (Å²) in [6.45, 7) is 8.79. The highest BCUT2D eigenvalue weighted by Crippen LogP contribution is 2.36. The van der Waals surface area contributed by atoms with Crippen LogP contribution in [-0.4, -0.2) is 47.1 Å². The molecule has 0 aromatic heterocycles. The molecule has 1 saturated heterocycles. The molecule has 0 aromatic carbocycles. The topological polar surface area (TPSA) is 93.1 Å². The molecule has 0 aromatic rings. The van der Waals surface area contributed by atoms with Crippen molar-refractivity contribution in [1.82, 2.24) is 0 Å². The maximum atomic E-state index is 12.3. The quantitative estimate of drug-likeness (QED) is 0.453. The standard InChI is InChI=1S/C20H26O6/c1-11-5-6-15(22)13(3)10-17-18(14(4)20(24)26-17)16(9-11)25-19(23)12(2)7-8-21/h5,7,10,15-18,21-22H,4,6,8-9H2,1-3H3/b11-5-,12-7+,13-10-/t15-,16-,17+,18-/m1/s1. The van der Waals surface area contributed by atoms with Crippen molar-refractivity contribution in [2.45, 2.75) is 51.9 Å². The summed E-state index contributed by atoms with van der Waals surface area (Å²) in [5.41, 5.74) is 2.17. The van der Waals surface area contributed by atoms with Crippen molar-refractivity contribution in [2.24, 2.45) is 5.92 Å². The lowest BCUT2D eigenvalue weighted by molar-refractivity contribution is -0.147. The molecule has 0 spiro atoms. The molecular weight excluding hydrogens is 336 g/mol. The van der Waals surface area contributed by atoms with E-state index >= 15 is 0 Å². The van der Waals surface area contributed by atoms with Gasteiger partial charge in [-0.05, 0) is 44.9 Å². The van der Waals surface area contributed by atoms with Gasteiger partial charge in [0.25, 0.3) is 0 Å². The van der Waals surface area contributed by atoms with Crippen LogP contribution in [0.2, 0.25) is 0 Å². The number of ether oxygens (including phenoxy) is 2. The van der Waals surface area contributed by atoms with E-state index in [2.05, 4.69) is 6.58 Å². The molecule has 4 atom stereocenters. The zero-order chi connectivity index (χ0) is 19.4. The van der Waals surface area contributed by atoms with E-state index in [0.717, 1.165) is 5.57 Å². The molecular formula is C20H26O6. The Labute approximate surface area is 153 Å². The molecule has 6 heteroatoms. The van der Waals surface area contributed by atoms with Gasteiger partial charge in [-0.15, -0.1) is 0 Å². The van der Waals surface area contributed by atoms with Crippen LogP contribution in [0.5, 0.6) is 0 Å². The minimum Gasteiger partial charge on any atom is -0.458 e. The molecule has 0 radical (unpaired) electrons. The Morgan fingerprint density at radius 2 is 2.15 bits per heavy atom. The van der Waals surface area contributed by atoms with E-state index in [4.69, 9.17) is 14.6 Å². The number of carbonyl (C=O) groups excluding carboxylic acids is 2. The van der Waals surface area contributed by atoms with Gasteiger partial charge in [0.15, 0.2) is 0 Å². The zero-order valence-electron chi connectivity index (χ0n) is 15.4. The van der Waals surface area contributed by atoms with Gasteiger partial charge in [-0.1, -0.05) is 18.2 Å². The fourth-order valence-corrected chi connectivity index (χ4v) is 3.14. The van der Waals surface area contributed by atoms with Crippen LogP contribution < -0.4 is 0 Å². The van der Waals surface area contributed by atoms with Crippen molar-refractivity contribution in [1.29, 1.82) is 0 Å². The molecule has 0 bridgehead atoms.